The molecular formula is C75H96N12O9P4S+6. The molecule has 0 unspecified atom stereocenters. The minimum Gasteiger partial charge on any atom is -0.309 e. The van der Waals surface area contributed by atoms with Crippen molar-refractivity contribution in [3.05, 3.63) is 253 Å². The Kier molecular flexibility index (Phi) is 28.9. The van der Waals surface area contributed by atoms with E-state index in [1.807, 2.05) is 132 Å². The van der Waals surface area contributed by atoms with Gasteiger partial charge in [0.05, 0.1) is 58.3 Å². The van der Waals surface area contributed by atoms with Crippen LogP contribution in [0.3, 0.4) is 0 Å². The molecule has 6 heterocycles. The summed E-state index contributed by atoms with van der Waals surface area (Å²) in [4.78, 5) is 0. The quantitative estimate of drug-likeness (QED) is 0.0154. The highest BCUT2D eigenvalue weighted by Crippen LogP contribution is 2.55. The van der Waals surface area contributed by atoms with E-state index in [0.717, 1.165) is 66.8 Å². The lowest BCUT2D eigenvalue weighted by atomic mass is 10.1. The Hall–Kier alpha value is -7.93. The van der Waals surface area contributed by atoms with Crippen LogP contribution in [-0.4, -0.2) is 112 Å². The van der Waals surface area contributed by atoms with E-state index in [1.54, 1.807) is 14.3 Å². The summed E-state index contributed by atoms with van der Waals surface area (Å²) in [5.41, 5.74) is 12.6. The Labute approximate surface area is 601 Å². The maximum Gasteiger partial charge on any atom is 0.337 e. The summed E-state index contributed by atoms with van der Waals surface area (Å²) in [6.07, 6.45) is 30.8. The zero-order valence-electron chi connectivity index (χ0n) is 59.4. The maximum absolute atomic E-state index is 13.0. The van der Waals surface area contributed by atoms with Crippen molar-refractivity contribution in [2.45, 2.75) is 80.8 Å². The molecule has 101 heavy (non-hydrogen) atoms. The summed E-state index contributed by atoms with van der Waals surface area (Å²) in [5, 5.41) is 14.9. The Morgan fingerprint density at radius 3 is 0.693 bits per heavy atom. The first-order valence-corrected chi connectivity index (χ1v) is 42.0. The van der Waals surface area contributed by atoms with Crippen LogP contribution in [0, 0.1) is 0 Å². The zero-order valence-corrected chi connectivity index (χ0v) is 63.8. The van der Waals surface area contributed by atoms with E-state index in [-0.39, 0.29) is 0 Å². The fourth-order valence-electron chi connectivity index (χ4n) is 11.0. The van der Waals surface area contributed by atoms with Gasteiger partial charge in [-0.25, -0.2) is 41.7 Å². The molecule has 0 aliphatic heterocycles. The van der Waals surface area contributed by atoms with E-state index in [0.29, 0.717) is 97.4 Å². The predicted molar refractivity (Wildman–Crippen MR) is 401 cm³/mol. The standard InChI is InChI=1S/C75H96N12O9P4S/c1-10-91-97(88,92-11-2)55-52-82-40-28-70(29-41-82)73-34-46-85(47-35-73)61-67-22-16-64(17-23-67)58-76-79(7)100(101,80(8)77-59-65-18-24-68(25-19-65)62-86-48-36-74(37-49-86)71-30-42-83(43-31-71)53-56-98(89,93-12-3)94-13-4)81(9)78-60-66-20-26-69(27-21-66)63-87-50-38-75(39-51-87)72-32-44-84(45-33-72)54-57-99(90,95-14-5)96-15-6/h16-51,58-60H,10-15,52-57,61-63H2,1-9H3/q+6/b76-58+,77-59+,78-60+. The van der Waals surface area contributed by atoms with Crippen molar-refractivity contribution in [1.82, 2.24) is 14.3 Å². The molecule has 9 aromatic rings. The van der Waals surface area contributed by atoms with Crippen molar-refractivity contribution in [3.8, 4) is 33.4 Å². The van der Waals surface area contributed by atoms with E-state index >= 15 is 0 Å². The number of nitrogens with zero attached hydrogens (tertiary/aromatic N) is 12. The first-order chi connectivity index (χ1) is 48.8. The normalized spacial score (nSPS) is 12.3. The third kappa shape index (κ3) is 22.8. The van der Waals surface area contributed by atoms with Crippen LogP contribution in [0.15, 0.2) is 235 Å². The van der Waals surface area contributed by atoms with Crippen LogP contribution in [0.5, 0.6) is 0 Å². The lowest BCUT2D eigenvalue weighted by molar-refractivity contribution is -0.692. The number of benzene rings is 3. The molecule has 0 fully saturated rings. The molecule has 21 nitrogen and oxygen atoms in total. The van der Waals surface area contributed by atoms with Crippen LogP contribution >= 0.6 is 29.3 Å². The number of hydrogen-bond acceptors (Lipinski definition) is 13. The van der Waals surface area contributed by atoms with E-state index < -0.39 is 29.3 Å². The minimum atomic E-state index is -3.13. The summed E-state index contributed by atoms with van der Waals surface area (Å²) in [6, 6.07) is 50.0. The molecule has 0 atom stereocenters. The van der Waals surface area contributed by atoms with Gasteiger partial charge in [0.25, 0.3) is 6.49 Å². The van der Waals surface area contributed by atoms with Crippen molar-refractivity contribution in [2.24, 2.45) is 15.3 Å². The summed E-state index contributed by atoms with van der Waals surface area (Å²) < 4.78 is 89.6. The second kappa shape index (κ2) is 37.8. The molecule has 3 aromatic carbocycles. The van der Waals surface area contributed by atoms with Gasteiger partial charge in [0.2, 0.25) is 0 Å². The minimum absolute atomic E-state index is 0.307. The molecule has 9 rings (SSSR count). The highest BCUT2D eigenvalue weighted by Gasteiger charge is 2.33. The summed E-state index contributed by atoms with van der Waals surface area (Å²) in [5.74, 6) is 0. The average molecular weight is 1470 g/mol. The van der Waals surface area contributed by atoms with Crippen molar-refractivity contribution in [1.29, 1.82) is 0 Å². The Morgan fingerprint density at radius 2 is 0.505 bits per heavy atom. The molecule has 0 bridgehead atoms. The number of aromatic nitrogens is 6. The Morgan fingerprint density at radius 1 is 0.317 bits per heavy atom. The predicted octanol–water partition coefficient (Wildman–Crippen LogP) is 12.8. The third-order valence-corrected chi connectivity index (χ3v) is 27.3. The molecule has 0 spiro atoms. The molecule has 26 heteroatoms. The molecule has 530 valence electrons. The van der Waals surface area contributed by atoms with Gasteiger partial charge >= 0.3 is 22.8 Å². The number of rotatable bonds is 39. The number of pyridine rings is 6. The van der Waals surface area contributed by atoms with Gasteiger partial charge in [0.1, 0.15) is 18.5 Å². The summed E-state index contributed by atoms with van der Waals surface area (Å²) >= 11 is 6.63. The highest BCUT2D eigenvalue weighted by atomic mass is 32.4. The van der Waals surface area contributed by atoms with Gasteiger partial charge in [-0.2, -0.15) is 15.3 Å². The maximum atomic E-state index is 13.0. The lowest BCUT2D eigenvalue weighted by Crippen LogP contribution is -2.34. The van der Waals surface area contributed by atoms with E-state index in [1.165, 1.54) is 0 Å². The highest BCUT2D eigenvalue weighted by molar-refractivity contribution is 8.11. The van der Waals surface area contributed by atoms with Crippen molar-refractivity contribution in [2.75, 3.05) is 79.3 Å². The van der Waals surface area contributed by atoms with E-state index in [4.69, 9.17) is 54.3 Å². The van der Waals surface area contributed by atoms with Gasteiger partial charge in [-0.05, 0) is 103 Å². The van der Waals surface area contributed by atoms with Crippen LogP contribution in [0.25, 0.3) is 33.4 Å². The monoisotopic (exact) mass is 1460 g/mol. The summed E-state index contributed by atoms with van der Waals surface area (Å²) in [6.45, 7) is 13.6. The Bertz CT molecular complexity index is 3880. The van der Waals surface area contributed by atoms with Gasteiger partial charge < -0.3 is 27.1 Å². The van der Waals surface area contributed by atoms with Gasteiger partial charge in [-0.3, -0.25) is 13.7 Å². The van der Waals surface area contributed by atoms with Crippen molar-refractivity contribution >= 4 is 59.7 Å². The van der Waals surface area contributed by atoms with Crippen molar-refractivity contribution < 1.29 is 68.2 Å². The SMILES string of the molecule is CCOP(=O)(CC[n+]1ccc(-c2cc[n+](Cc3ccc(/C=N/N(C)P(=S)(N(C)/N=C/c4ccc(C[n+]5ccc(-c6cc[n+](CCP(=O)(OCC)OCC)cc6)cc5)cc4)N(C)/N=C/c4ccc(C[n+]5ccc(-c6cc[n+](CCP(=O)(OCC)OCC)cc6)cc5)cc4)cc3)cc2)cc1)OCC. The van der Waals surface area contributed by atoms with Crippen molar-refractivity contribution in [3.63, 3.8) is 0 Å². The summed E-state index contributed by atoms with van der Waals surface area (Å²) in [7, 11) is -3.77. The van der Waals surface area contributed by atoms with Gasteiger partial charge in [-0.15, -0.1) is 0 Å². The second-order valence-electron chi connectivity index (χ2n) is 23.7. The van der Waals surface area contributed by atoms with Crippen LogP contribution in [0.4, 0.5) is 0 Å². The Balaban J connectivity index is 0.841. The number of hydrogen-bond donors (Lipinski definition) is 0. The van der Waals surface area contributed by atoms with Crippen LogP contribution in [-0.2, 0) is 91.9 Å². The topological polar surface area (TPSA) is 177 Å². The number of hydrazone groups is 3. The third-order valence-electron chi connectivity index (χ3n) is 16.5. The molecule has 0 N–H and O–H groups in total. The molecule has 0 aliphatic carbocycles. The average Bonchev–Trinajstić information content (AvgIpc) is 0.807. The largest absolute Gasteiger partial charge is 0.337 e. The fourth-order valence-corrected chi connectivity index (χ4v) is 17.9. The molecule has 0 amide bonds. The van der Waals surface area contributed by atoms with E-state index in [9.17, 15) is 13.7 Å². The van der Waals surface area contributed by atoms with E-state index in [2.05, 4.69) is 196 Å². The molecular weight excluding hydrogens is 1370 g/mol. The second-order valence-corrected chi connectivity index (χ2v) is 34.5. The van der Waals surface area contributed by atoms with Crippen LogP contribution < -0.4 is 27.4 Å². The van der Waals surface area contributed by atoms with Crippen LogP contribution in [0.2, 0.25) is 0 Å². The molecule has 0 radical (unpaired) electrons. The first-order valence-electron chi connectivity index (χ1n) is 34.2. The van der Waals surface area contributed by atoms with Crippen LogP contribution in [0.1, 0.15) is 74.9 Å². The molecule has 0 saturated heterocycles. The first kappa shape index (κ1) is 77.2. The molecule has 6 aromatic heterocycles. The van der Waals surface area contributed by atoms with Gasteiger partial charge in [0, 0.05) is 111 Å². The fraction of sp³-hybridized carbons (Fsp3) is 0.320. The molecule has 0 saturated carbocycles. The lowest BCUT2D eigenvalue weighted by Gasteiger charge is -2.39. The molecule has 0 aliphatic rings. The zero-order chi connectivity index (χ0) is 71.7. The number of aryl methyl sites for hydroxylation is 3. The van der Waals surface area contributed by atoms with Gasteiger partial charge in [0.15, 0.2) is 114 Å². The smallest absolute Gasteiger partial charge is 0.309 e. The van der Waals surface area contributed by atoms with Gasteiger partial charge in [-0.1, -0.05) is 72.8 Å².